The number of nitrogens with one attached hydrogen (secondary N) is 6. The molecule has 1 aliphatic rings. The van der Waals surface area contributed by atoms with Crippen molar-refractivity contribution >= 4 is 44.3 Å². The second kappa shape index (κ2) is 11.1. The summed E-state index contributed by atoms with van der Waals surface area (Å²) in [5.74, 6) is 0. The van der Waals surface area contributed by atoms with Gasteiger partial charge >= 0.3 is 0 Å². The van der Waals surface area contributed by atoms with Crippen LogP contribution in [0, 0.1) is 0 Å². The molecule has 6 nitrogen and oxygen atoms in total. The fourth-order valence-corrected chi connectivity index (χ4v) is 4.36. The standard InChI is InChI=1S/C28H34N6/c1-5-25-17-23-18-26(6-2-21(1)23)32-14-10-30-12-16-34-28-8-4-22-3-7-27(19-24(22)20-28)33-15-11-29-9-13-31-25/h1-8,17-20,29-34H,9-16H2. The zero-order valence-electron chi connectivity index (χ0n) is 19.6. The Labute approximate surface area is 201 Å². The fourth-order valence-electron chi connectivity index (χ4n) is 4.36. The summed E-state index contributed by atoms with van der Waals surface area (Å²) in [7, 11) is 0. The van der Waals surface area contributed by atoms with Gasteiger partial charge in [-0.1, -0.05) is 24.3 Å². The first-order chi connectivity index (χ1) is 16.8. The molecule has 0 fully saturated rings. The van der Waals surface area contributed by atoms with E-state index >= 15 is 0 Å². The molecule has 0 aliphatic carbocycles. The zero-order chi connectivity index (χ0) is 23.0. The van der Waals surface area contributed by atoms with Crippen LogP contribution >= 0.6 is 0 Å². The van der Waals surface area contributed by atoms with Gasteiger partial charge in [-0.25, -0.2) is 0 Å². The summed E-state index contributed by atoms with van der Waals surface area (Å²) < 4.78 is 0. The topological polar surface area (TPSA) is 72.2 Å². The molecule has 0 atom stereocenters. The molecular weight excluding hydrogens is 420 g/mol. The number of hydrogen-bond acceptors (Lipinski definition) is 6. The van der Waals surface area contributed by atoms with Gasteiger partial charge in [-0.05, 0) is 70.1 Å². The molecule has 4 aromatic rings. The average Bonchev–Trinajstić information content (AvgIpc) is 2.86. The van der Waals surface area contributed by atoms with E-state index in [1.807, 2.05) is 0 Å². The Morgan fingerprint density at radius 1 is 0.324 bits per heavy atom. The SMILES string of the molecule is c1cc2ccc3cc2cc1NCCNCCNc1ccc2ccc(cc2c1)NCCNCCN3. The van der Waals surface area contributed by atoms with Gasteiger partial charge in [-0.3, -0.25) is 0 Å². The Balaban J connectivity index is 1.25. The maximum absolute atomic E-state index is 3.54. The van der Waals surface area contributed by atoms with Crippen molar-refractivity contribution in [2.24, 2.45) is 0 Å². The summed E-state index contributed by atoms with van der Waals surface area (Å²) in [5, 5.41) is 26.2. The second-order valence-electron chi connectivity index (χ2n) is 8.76. The van der Waals surface area contributed by atoms with Gasteiger partial charge in [-0.15, -0.1) is 0 Å². The molecule has 1 aliphatic heterocycles. The van der Waals surface area contributed by atoms with Gasteiger partial charge in [-0.2, -0.15) is 0 Å². The molecule has 34 heavy (non-hydrogen) atoms. The number of benzene rings is 4. The third kappa shape index (κ3) is 5.90. The van der Waals surface area contributed by atoms with Crippen LogP contribution in [0.5, 0.6) is 0 Å². The molecule has 6 bridgehead atoms. The third-order valence-corrected chi connectivity index (χ3v) is 6.20. The molecule has 0 unspecified atom stereocenters. The van der Waals surface area contributed by atoms with Crippen LogP contribution in [0.4, 0.5) is 22.7 Å². The molecular formula is C28H34N6. The van der Waals surface area contributed by atoms with Crippen LogP contribution in [0.3, 0.4) is 0 Å². The van der Waals surface area contributed by atoms with Gasteiger partial charge in [0.2, 0.25) is 0 Å². The van der Waals surface area contributed by atoms with Gasteiger partial charge < -0.3 is 31.9 Å². The minimum Gasteiger partial charge on any atom is -0.384 e. The van der Waals surface area contributed by atoms with Crippen molar-refractivity contribution in [1.29, 1.82) is 0 Å². The zero-order valence-corrected chi connectivity index (χ0v) is 19.6. The highest BCUT2D eigenvalue weighted by atomic mass is 15.0. The van der Waals surface area contributed by atoms with E-state index in [2.05, 4.69) is 105 Å². The van der Waals surface area contributed by atoms with Crippen molar-refractivity contribution < 1.29 is 0 Å². The molecule has 0 saturated carbocycles. The van der Waals surface area contributed by atoms with Crippen molar-refractivity contribution in [3.05, 3.63) is 72.8 Å². The fraction of sp³-hybridized carbons (Fsp3) is 0.286. The minimum atomic E-state index is 0.890. The van der Waals surface area contributed by atoms with Crippen LogP contribution in [0.2, 0.25) is 0 Å². The summed E-state index contributed by atoms with van der Waals surface area (Å²) in [6.07, 6.45) is 0. The first-order valence-corrected chi connectivity index (χ1v) is 12.3. The molecule has 0 aromatic heterocycles. The first-order valence-electron chi connectivity index (χ1n) is 12.3. The highest BCUT2D eigenvalue weighted by Crippen LogP contribution is 2.24. The molecule has 0 amide bonds. The van der Waals surface area contributed by atoms with Gasteiger partial charge in [0, 0.05) is 75.1 Å². The molecule has 0 radical (unpaired) electrons. The van der Waals surface area contributed by atoms with Crippen LogP contribution in [-0.2, 0) is 0 Å². The van der Waals surface area contributed by atoms with E-state index in [-0.39, 0.29) is 0 Å². The Hall–Kier alpha value is -3.48. The van der Waals surface area contributed by atoms with E-state index in [1.165, 1.54) is 21.5 Å². The maximum Gasteiger partial charge on any atom is 0.0347 e. The van der Waals surface area contributed by atoms with E-state index in [4.69, 9.17) is 0 Å². The predicted octanol–water partition coefficient (Wildman–Crippen LogP) is 4.53. The summed E-state index contributed by atoms with van der Waals surface area (Å²) in [6.45, 7) is 7.23. The summed E-state index contributed by atoms with van der Waals surface area (Å²) in [5.41, 5.74) is 4.62. The van der Waals surface area contributed by atoms with E-state index in [9.17, 15) is 0 Å². The largest absolute Gasteiger partial charge is 0.384 e. The van der Waals surface area contributed by atoms with Crippen molar-refractivity contribution in [3.63, 3.8) is 0 Å². The number of hydrogen-bond donors (Lipinski definition) is 6. The highest BCUT2D eigenvalue weighted by molar-refractivity contribution is 5.89. The van der Waals surface area contributed by atoms with Crippen molar-refractivity contribution in [2.75, 3.05) is 73.6 Å². The lowest BCUT2D eigenvalue weighted by molar-refractivity contribution is 0.719. The molecule has 176 valence electrons. The summed E-state index contributed by atoms with van der Waals surface area (Å²) >= 11 is 0. The summed E-state index contributed by atoms with van der Waals surface area (Å²) in [4.78, 5) is 0. The monoisotopic (exact) mass is 454 g/mol. The molecule has 0 saturated heterocycles. The summed E-state index contributed by atoms with van der Waals surface area (Å²) in [6, 6.07) is 26.3. The Morgan fingerprint density at radius 3 is 0.912 bits per heavy atom. The number of rotatable bonds is 0. The smallest absolute Gasteiger partial charge is 0.0347 e. The Bertz CT molecular complexity index is 1060. The number of anilines is 4. The maximum atomic E-state index is 3.54. The van der Waals surface area contributed by atoms with Crippen LogP contribution in [0.1, 0.15) is 0 Å². The van der Waals surface area contributed by atoms with Gasteiger partial charge in [0.05, 0.1) is 0 Å². The van der Waals surface area contributed by atoms with E-state index in [0.29, 0.717) is 0 Å². The lowest BCUT2D eigenvalue weighted by Gasteiger charge is -2.13. The van der Waals surface area contributed by atoms with E-state index in [0.717, 1.165) is 75.1 Å². The third-order valence-electron chi connectivity index (χ3n) is 6.20. The molecule has 5 rings (SSSR count). The second-order valence-corrected chi connectivity index (χ2v) is 8.76. The van der Waals surface area contributed by atoms with E-state index < -0.39 is 0 Å². The van der Waals surface area contributed by atoms with Crippen molar-refractivity contribution in [3.8, 4) is 0 Å². The molecule has 0 spiro atoms. The predicted molar refractivity (Wildman–Crippen MR) is 148 cm³/mol. The van der Waals surface area contributed by atoms with Gasteiger partial charge in [0.25, 0.3) is 0 Å². The van der Waals surface area contributed by atoms with Crippen LogP contribution in [0.25, 0.3) is 21.5 Å². The van der Waals surface area contributed by atoms with Crippen LogP contribution in [0.15, 0.2) is 72.8 Å². The van der Waals surface area contributed by atoms with Crippen molar-refractivity contribution in [1.82, 2.24) is 10.6 Å². The van der Waals surface area contributed by atoms with Gasteiger partial charge in [0.15, 0.2) is 0 Å². The normalized spacial score (nSPS) is 16.0. The lowest BCUT2D eigenvalue weighted by Crippen LogP contribution is -2.27. The highest BCUT2D eigenvalue weighted by Gasteiger charge is 2.01. The van der Waals surface area contributed by atoms with Gasteiger partial charge in [0.1, 0.15) is 0 Å². The minimum absolute atomic E-state index is 0.890. The number of fused-ring (bicyclic) bond motifs is 4. The quantitative estimate of drug-likeness (QED) is 0.235. The average molecular weight is 455 g/mol. The first kappa shape index (κ1) is 22.3. The molecule has 1 heterocycles. The van der Waals surface area contributed by atoms with Crippen LogP contribution in [-0.4, -0.2) is 52.4 Å². The van der Waals surface area contributed by atoms with E-state index in [1.54, 1.807) is 0 Å². The van der Waals surface area contributed by atoms with Crippen LogP contribution < -0.4 is 31.9 Å². The molecule has 4 aromatic carbocycles. The van der Waals surface area contributed by atoms with Crippen molar-refractivity contribution in [2.45, 2.75) is 0 Å². The molecule has 6 heteroatoms. The lowest BCUT2D eigenvalue weighted by atomic mass is 10.1. The molecule has 6 N–H and O–H groups in total. The Morgan fingerprint density at radius 2 is 0.618 bits per heavy atom. The Kier molecular flexibility index (Phi) is 7.28.